The van der Waals surface area contributed by atoms with Crippen LogP contribution in [0.2, 0.25) is 0 Å². The molecule has 1 aliphatic heterocycles. The van der Waals surface area contributed by atoms with Crippen LogP contribution in [-0.2, 0) is 4.74 Å². The molecule has 1 N–H and O–H groups in total. The first-order valence-corrected chi connectivity index (χ1v) is 4.37. The highest BCUT2D eigenvalue weighted by Gasteiger charge is 2.24. The number of hydrogen-bond acceptors (Lipinski definition) is 3. The number of rotatable bonds is 3. The maximum absolute atomic E-state index is 9.18. The van der Waals surface area contributed by atoms with Crippen LogP contribution in [0.5, 0.6) is 0 Å². The summed E-state index contributed by atoms with van der Waals surface area (Å²) in [6, 6.07) is 0. The summed E-state index contributed by atoms with van der Waals surface area (Å²) in [6.07, 6.45) is 3.36. The second-order valence-electron chi connectivity index (χ2n) is 3.60. The van der Waals surface area contributed by atoms with Crippen LogP contribution in [0.15, 0.2) is 12.5 Å². The zero-order valence-corrected chi connectivity index (χ0v) is 7.90. The maximum atomic E-state index is 9.18. The first-order valence-electron chi connectivity index (χ1n) is 4.37. The van der Waals surface area contributed by atoms with Crippen molar-refractivity contribution in [1.82, 2.24) is 4.90 Å². The number of aliphatic hydroxyl groups excluding tert-OH is 1. The van der Waals surface area contributed by atoms with Crippen molar-refractivity contribution in [2.75, 3.05) is 6.54 Å². The fourth-order valence-corrected chi connectivity index (χ4v) is 1.37. The maximum Gasteiger partial charge on any atom is 0.173 e. The highest BCUT2D eigenvalue weighted by Crippen LogP contribution is 2.18. The van der Waals surface area contributed by atoms with Gasteiger partial charge >= 0.3 is 0 Å². The van der Waals surface area contributed by atoms with Crippen LogP contribution in [0.1, 0.15) is 20.8 Å². The smallest absolute Gasteiger partial charge is 0.173 e. The van der Waals surface area contributed by atoms with E-state index in [1.807, 2.05) is 11.1 Å². The van der Waals surface area contributed by atoms with Gasteiger partial charge in [-0.25, -0.2) is 0 Å². The van der Waals surface area contributed by atoms with E-state index in [2.05, 4.69) is 13.8 Å². The van der Waals surface area contributed by atoms with Crippen molar-refractivity contribution in [3.8, 4) is 0 Å². The van der Waals surface area contributed by atoms with Gasteiger partial charge in [0.05, 0.1) is 6.10 Å². The fourth-order valence-electron chi connectivity index (χ4n) is 1.37. The summed E-state index contributed by atoms with van der Waals surface area (Å²) in [6.45, 7) is 6.63. The third-order valence-electron chi connectivity index (χ3n) is 1.84. The summed E-state index contributed by atoms with van der Waals surface area (Å²) in [7, 11) is 0. The zero-order valence-electron chi connectivity index (χ0n) is 7.90. The standard InChI is InChI=1S/C9H17NO2/c1-7(2)9-10(4-5-12-9)6-8(3)11/h4-5,7-9,11H,6H2,1-3H3. The molecule has 1 rings (SSSR count). The molecular formula is C9H17NO2. The van der Waals surface area contributed by atoms with Crippen molar-refractivity contribution in [3.05, 3.63) is 12.5 Å². The Morgan fingerprint density at radius 3 is 2.67 bits per heavy atom. The molecule has 0 saturated heterocycles. The van der Waals surface area contributed by atoms with Crippen molar-refractivity contribution < 1.29 is 9.84 Å². The Hall–Kier alpha value is -0.700. The summed E-state index contributed by atoms with van der Waals surface area (Å²) in [5, 5.41) is 9.18. The lowest BCUT2D eigenvalue weighted by Gasteiger charge is -2.27. The molecule has 0 spiro atoms. The normalized spacial score (nSPS) is 24.8. The van der Waals surface area contributed by atoms with E-state index in [1.165, 1.54) is 0 Å². The van der Waals surface area contributed by atoms with Gasteiger partial charge in [-0.1, -0.05) is 13.8 Å². The third kappa shape index (κ3) is 2.14. The molecule has 0 aromatic heterocycles. The van der Waals surface area contributed by atoms with Gasteiger partial charge < -0.3 is 14.7 Å². The number of hydrogen-bond donors (Lipinski definition) is 1. The summed E-state index contributed by atoms with van der Waals surface area (Å²) in [5.74, 6) is 0.443. The van der Waals surface area contributed by atoms with E-state index in [-0.39, 0.29) is 12.3 Å². The molecule has 3 nitrogen and oxygen atoms in total. The molecule has 1 aliphatic rings. The molecule has 1 heterocycles. The number of ether oxygens (including phenoxy) is 1. The van der Waals surface area contributed by atoms with Gasteiger partial charge in [0.1, 0.15) is 6.26 Å². The monoisotopic (exact) mass is 171 g/mol. The van der Waals surface area contributed by atoms with Gasteiger partial charge in [0, 0.05) is 18.7 Å². The Bertz CT molecular complexity index is 166. The van der Waals surface area contributed by atoms with Crippen molar-refractivity contribution in [1.29, 1.82) is 0 Å². The van der Waals surface area contributed by atoms with E-state index >= 15 is 0 Å². The van der Waals surface area contributed by atoms with Crippen molar-refractivity contribution in [3.63, 3.8) is 0 Å². The summed E-state index contributed by atoms with van der Waals surface area (Å²) in [4.78, 5) is 2.02. The van der Waals surface area contributed by atoms with E-state index in [9.17, 15) is 5.11 Å². The van der Waals surface area contributed by atoms with Gasteiger partial charge in [-0.15, -0.1) is 0 Å². The molecule has 12 heavy (non-hydrogen) atoms. The van der Waals surface area contributed by atoms with E-state index in [1.54, 1.807) is 13.2 Å². The lowest BCUT2D eigenvalue weighted by Crippen LogP contribution is -2.36. The molecule has 0 radical (unpaired) electrons. The lowest BCUT2D eigenvalue weighted by atomic mass is 10.1. The predicted molar refractivity (Wildman–Crippen MR) is 47.2 cm³/mol. The topological polar surface area (TPSA) is 32.7 Å². The van der Waals surface area contributed by atoms with Crippen molar-refractivity contribution in [2.24, 2.45) is 5.92 Å². The molecule has 0 aromatic carbocycles. The van der Waals surface area contributed by atoms with E-state index in [0.717, 1.165) is 0 Å². The molecule has 2 unspecified atom stereocenters. The molecule has 0 aromatic rings. The molecule has 0 bridgehead atoms. The van der Waals surface area contributed by atoms with Crippen molar-refractivity contribution in [2.45, 2.75) is 33.1 Å². The molecular weight excluding hydrogens is 154 g/mol. The lowest BCUT2D eigenvalue weighted by molar-refractivity contribution is 0.0000623. The number of aliphatic hydroxyl groups is 1. The SMILES string of the molecule is CC(O)CN1C=COC1C(C)C. The zero-order chi connectivity index (χ0) is 9.14. The Labute approximate surface area is 73.6 Å². The van der Waals surface area contributed by atoms with Crippen LogP contribution in [0.4, 0.5) is 0 Å². The third-order valence-corrected chi connectivity index (χ3v) is 1.84. The molecule has 3 heteroatoms. The minimum absolute atomic E-state index is 0.0969. The van der Waals surface area contributed by atoms with Gasteiger partial charge in [0.25, 0.3) is 0 Å². The van der Waals surface area contributed by atoms with Crippen LogP contribution in [0.25, 0.3) is 0 Å². The summed E-state index contributed by atoms with van der Waals surface area (Å²) in [5.41, 5.74) is 0. The van der Waals surface area contributed by atoms with Gasteiger partial charge in [0.15, 0.2) is 6.23 Å². The van der Waals surface area contributed by atoms with Gasteiger partial charge in [-0.3, -0.25) is 0 Å². The number of β-amino-alcohol motifs (C(OH)–C–C–N with tert-alkyl or cyclic N) is 1. The second-order valence-corrected chi connectivity index (χ2v) is 3.60. The van der Waals surface area contributed by atoms with E-state index < -0.39 is 0 Å². The Morgan fingerprint density at radius 2 is 2.17 bits per heavy atom. The van der Waals surface area contributed by atoms with Crippen LogP contribution < -0.4 is 0 Å². The molecule has 0 aliphatic carbocycles. The average Bonchev–Trinajstić information content (AvgIpc) is 2.33. The first kappa shape index (κ1) is 9.39. The Kier molecular flexibility index (Phi) is 2.98. The Balaban J connectivity index is 2.45. The Morgan fingerprint density at radius 1 is 1.50 bits per heavy atom. The highest BCUT2D eigenvalue weighted by atomic mass is 16.5. The second kappa shape index (κ2) is 3.81. The van der Waals surface area contributed by atoms with Crippen LogP contribution in [-0.4, -0.2) is 28.9 Å². The highest BCUT2D eigenvalue weighted by molar-refractivity contribution is 4.88. The molecule has 0 amide bonds. The van der Waals surface area contributed by atoms with Crippen LogP contribution in [0, 0.1) is 5.92 Å². The van der Waals surface area contributed by atoms with Crippen LogP contribution >= 0.6 is 0 Å². The van der Waals surface area contributed by atoms with Gasteiger partial charge in [0.2, 0.25) is 0 Å². The molecule has 0 fully saturated rings. The largest absolute Gasteiger partial charge is 0.476 e. The molecule has 70 valence electrons. The van der Waals surface area contributed by atoms with Crippen LogP contribution in [0.3, 0.4) is 0 Å². The van der Waals surface area contributed by atoms with Gasteiger partial charge in [-0.05, 0) is 6.92 Å². The first-order chi connectivity index (χ1) is 5.61. The van der Waals surface area contributed by atoms with Crippen molar-refractivity contribution >= 4 is 0 Å². The molecule has 0 saturated carbocycles. The quantitative estimate of drug-likeness (QED) is 0.691. The van der Waals surface area contributed by atoms with E-state index in [0.29, 0.717) is 12.5 Å². The van der Waals surface area contributed by atoms with Gasteiger partial charge in [-0.2, -0.15) is 0 Å². The minimum Gasteiger partial charge on any atom is -0.476 e. The summed E-state index contributed by atoms with van der Waals surface area (Å²) >= 11 is 0. The molecule has 2 atom stereocenters. The average molecular weight is 171 g/mol. The van der Waals surface area contributed by atoms with E-state index in [4.69, 9.17) is 4.74 Å². The fraction of sp³-hybridized carbons (Fsp3) is 0.778. The summed E-state index contributed by atoms with van der Waals surface area (Å²) < 4.78 is 5.36. The minimum atomic E-state index is -0.308. The predicted octanol–water partition coefficient (Wildman–Crippen LogP) is 1.15. The number of nitrogens with zero attached hydrogens (tertiary/aromatic N) is 1.